The van der Waals surface area contributed by atoms with Crippen molar-refractivity contribution in [2.45, 2.75) is 31.2 Å². The van der Waals surface area contributed by atoms with E-state index in [0.29, 0.717) is 23.0 Å². The minimum absolute atomic E-state index is 0.160. The Morgan fingerprint density at radius 3 is 2.59 bits per heavy atom. The fourth-order valence-corrected chi connectivity index (χ4v) is 6.13. The van der Waals surface area contributed by atoms with E-state index in [2.05, 4.69) is 11.4 Å². The summed E-state index contributed by atoms with van der Waals surface area (Å²) in [5.74, 6) is 0.481. The minimum Gasteiger partial charge on any atom is -0.480 e. The Kier molecular flexibility index (Phi) is 5.79. The summed E-state index contributed by atoms with van der Waals surface area (Å²) in [6.07, 6.45) is 6.50. The molecule has 6 rings (SSSR count). The minimum atomic E-state index is -3.30. The molecule has 1 saturated carbocycles. The van der Waals surface area contributed by atoms with E-state index in [1.165, 1.54) is 19.6 Å². The smallest absolute Gasteiger partial charge is 0.257 e. The third-order valence-electron chi connectivity index (χ3n) is 7.00. The molecule has 1 fully saturated rings. The van der Waals surface area contributed by atoms with Gasteiger partial charge in [-0.3, -0.25) is 4.79 Å². The third-order valence-corrected chi connectivity index (χ3v) is 8.39. The van der Waals surface area contributed by atoms with Crippen molar-refractivity contribution in [2.75, 3.05) is 12.9 Å². The number of benzene rings is 2. The highest BCUT2D eigenvalue weighted by Crippen LogP contribution is 2.44. The number of carbonyl (C=O) groups excluding carboxylic acids is 1. The average molecular weight is 516 g/mol. The molecule has 0 bridgehead atoms. The first-order valence-electron chi connectivity index (χ1n) is 12.2. The number of sulfone groups is 1. The van der Waals surface area contributed by atoms with Crippen LogP contribution in [-0.2, 0) is 9.84 Å². The van der Waals surface area contributed by atoms with E-state index in [9.17, 15) is 13.2 Å². The standard InChI is InChI=1S/C28H25N3O5S/c1-35-28-22(26(32)29-20-12-13-37(33,34)16-20)14-19-10-11-21(17-8-5-9-17)24(25(19)31-28)23-15-36-27(30-23)18-6-3-2-4-7-18/h2-4,6-7,10-15,17,20H,5,8-9,16H2,1H3,(H,29,32)/t20-/m1/s1. The molecule has 0 unspecified atom stereocenters. The fraction of sp³-hybridized carbons (Fsp3) is 0.250. The van der Waals surface area contributed by atoms with Gasteiger partial charge in [-0.05, 0) is 48.6 Å². The van der Waals surface area contributed by atoms with Gasteiger partial charge in [0.25, 0.3) is 5.91 Å². The molecule has 0 radical (unpaired) electrons. The number of pyridine rings is 1. The van der Waals surface area contributed by atoms with Gasteiger partial charge in [0.1, 0.15) is 17.5 Å². The number of amides is 1. The molecular formula is C28H25N3O5S. The van der Waals surface area contributed by atoms with Crippen LogP contribution in [0.2, 0.25) is 0 Å². The summed E-state index contributed by atoms with van der Waals surface area (Å²) in [4.78, 5) is 22.7. The van der Waals surface area contributed by atoms with Gasteiger partial charge in [-0.1, -0.05) is 36.8 Å². The molecule has 4 aromatic rings. The van der Waals surface area contributed by atoms with E-state index >= 15 is 0 Å². The summed E-state index contributed by atoms with van der Waals surface area (Å²) in [6, 6.07) is 14.9. The monoisotopic (exact) mass is 515 g/mol. The number of nitrogens with one attached hydrogen (secondary N) is 1. The zero-order valence-corrected chi connectivity index (χ0v) is 21.0. The molecule has 3 heterocycles. The number of hydrogen-bond donors (Lipinski definition) is 1. The highest BCUT2D eigenvalue weighted by molar-refractivity contribution is 7.94. The van der Waals surface area contributed by atoms with Crippen molar-refractivity contribution >= 4 is 26.6 Å². The number of rotatable bonds is 6. The molecule has 1 atom stereocenters. The Hall–Kier alpha value is -3.98. The lowest BCUT2D eigenvalue weighted by molar-refractivity contribution is 0.0944. The normalized spacial score (nSPS) is 18.6. The Morgan fingerprint density at radius 1 is 1.11 bits per heavy atom. The van der Waals surface area contributed by atoms with Crippen molar-refractivity contribution < 1.29 is 22.4 Å². The molecular weight excluding hydrogens is 490 g/mol. The Balaban J connectivity index is 1.44. The van der Waals surface area contributed by atoms with E-state index in [4.69, 9.17) is 19.1 Å². The molecule has 37 heavy (non-hydrogen) atoms. The van der Waals surface area contributed by atoms with Crippen LogP contribution in [-0.4, -0.2) is 43.2 Å². The maximum Gasteiger partial charge on any atom is 0.257 e. The van der Waals surface area contributed by atoms with Crippen molar-refractivity contribution in [3.05, 3.63) is 77.4 Å². The molecule has 2 aromatic heterocycles. The lowest BCUT2D eigenvalue weighted by atomic mass is 9.77. The largest absolute Gasteiger partial charge is 0.480 e. The number of aromatic nitrogens is 2. The van der Waals surface area contributed by atoms with Gasteiger partial charge in [0.05, 0.1) is 24.4 Å². The van der Waals surface area contributed by atoms with Crippen LogP contribution >= 0.6 is 0 Å². The Morgan fingerprint density at radius 2 is 1.92 bits per heavy atom. The van der Waals surface area contributed by atoms with Crippen LogP contribution < -0.4 is 10.1 Å². The van der Waals surface area contributed by atoms with Gasteiger partial charge in [0.2, 0.25) is 11.8 Å². The van der Waals surface area contributed by atoms with Crippen LogP contribution in [0, 0.1) is 0 Å². The van der Waals surface area contributed by atoms with Crippen molar-refractivity contribution in [2.24, 2.45) is 0 Å². The summed E-state index contributed by atoms with van der Waals surface area (Å²) >= 11 is 0. The van der Waals surface area contributed by atoms with Crippen LogP contribution in [0.1, 0.15) is 41.1 Å². The molecule has 188 valence electrons. The maximum atomic E-state index is 13.1. The highest BCUT2D eigenvalue weighted by Gasteiger charge is 2.28. The second-order valence-corrected chi connectivity index (χ2v) is 11.3. The number of nitrogens with zero attached hydrogens (tertiary/aromatic N) is 2. The molecule has 1 amide bonds. The van der Waals surface area contributed by atoms with Crippen LogP contribution in [0.3, 0.4) is 0 Å². The number of carbonyl (C=O) groups is 1. The molecule has 1 N–H and O–H groups in total. The second kappa shape index (κ2) is 9.15. The quantitative estimate of drug-likeness (QED) is 0.390. The summed E-state index contributed by atoms with van der Waals surface area (Å²) in [5.41, 5.74) is 4.50. The first-order valence-corrected chi connectivity index (χ1v) is 13.9. The molecule has 1 aliphatic carbocycles. The van der Waals surface area contributed by atoms with E-state index in [1.807, 2.05) is 36.4 Å². The molecule has 2 aliphatic rings. The van der Waals surface area contributed by atoms with Crippen molar-refractivity contribution in [1.29, 1.82) is 0 Å². The first kappa shape index (κ1) is 23.4. The van der Waals surface area contributed by atoms with Gasteiger partial charge < -0.3 is 14.5 Å². The number of hydrogen-bond acceptors (Lipinski definition) is 7. The van der Waals surface area contributed by atoms with Gasteiger partial charge >= 0.3 is 0 Å². The van der Waals surface area contributed by atoms with E-state index < -0.39 is 21.8 Å². The third kappa shape index (κ3) is 4.40. The van der Waals surface area contributed by atoms with E-state index in [0.717, 1.165) is 40.3 Å². The van der Waals surface area contributed by atoms with E-state index in [1.54, 1.807) is 12.3 Å². The van der Waals surface area contributed by atoms with Crippen molar-refractivity contribution in [3.8, 4) is 28.6 Å². The van der Waals surface area contributed by atoms with Gasteiger partial charge in [-0.2, -0.15) is 0 Å². The second-order valence-electron chi connectivity index (χ2n) is 9.42. The zero-order chi connectivity index (χ0) is 25.6. The topological polar surface area (TPSA) is 111 Å². The summed E-state index contributed by atoms with van der Waals surface area (Å²) in [6.45, 7) is 0. The summed E-state index contributed by atoms with van der Waals surface area (Å²) < 4.78 is 34.9. The first-order chi connectivity index (χ1) is 17.9. The Labute approximate surface area is 214 Å². The highest BCUT2D eigenvalue weighted by atomic mass is 32.2. The molecule has 0 spiro atoms. The van der Waals surface area contributed by atoms with Crippen LogP contribution in [0.5, 0.6) is 5.88 Å². The van der Waals surface area contributed by atoms with Gasteiger partial charge in [-0.15, -0.1) is 0 Å². The predicted octanol–water partition coefficient (Wildman–Crippen LogP) is 4.87. The zero-order valence-electron chi connectivity index (χ0n) is 20.2. The van der Waals surface area contributed by atoms with Crippen LogP contribution in [0.25, 0.3) is 33.6 Å². The lowest BCUT2D eigenvalue weighted by Gasteiger charge is -2.28. The summed E-state index contributed by atoms with van der Waals surface area (Å²) in [7, 11) is -1.83. The van der Waals surface area contributed by atoms with Gasteiger partial charge in [0.15, 0.2) is 9.84 Å². The number of methoxy groups -OCH3 is 1. The predicted molar refractivity (Wildman–Crippen MR) is 140 cm³/mol. The SMILES string of the molecule is COc1nc2c(-c3coc(-c4ccccc4)n3)c(C3CCC3)ccc2cc1C(=O)N[C@@H]1C=CS(=O)(=O)C1. The fourth-order valence-electron chi connectivity index (χ4n) is 4.90. The summed E-state index contributed by atoms with van der Waals surface area (Å²) in [5, 5.41) is 4.63. The van der Waals surface area contributed by atoms with Crippen molar-refractivity contribution in [1.82, 2.24) is 15.3 Å². The van der Waals surface area contributed by atoms with Crippen LogP contribution in [0.15, 0.2) is 70.7 Å². The lowest BCUT2D eigenvalue weighted by Crippen LogP contribution is -2.35. The number of fused-ring (bicyclic) bond motifs is 1. The van der Waals surface area contributed by atoms with Crippen LogP contribution in [0.4, 0.5) is 0 Å². The van der Waals surface area contributed by atoms with Gasteiger partial charge in [0, 0.05) is 21.9 Å². The average Bonchev–Trinajstić information content (AvgIpc) is 3.48. The molecule has 8 nitrogen and oxygen atoms in total. The molecule has 1 aliphatic heterocycles. The molecule has 0 saturated heterocycles. The number of oxazole rings is 1. The Bertz CT molecular complexity index is 1640. The number of ether oxygens (including phenoxy) is 1. The van der Waals surface area contributed by atoms with Gasteiger partial charge in [-0.25, -0.2) is 18.4 Å². The maximum absolute atomic E-state index is 13.1. The molecule has 9 heteroatoms. The molecule has 2 aromatic carbocycles. The van der Waals surface area contributed by atoms with E-state index in [-0.39, 0.29) is 17.2 Å². The van der Waals surface area contributed by atoms with Crippen molar-refractivity contribution in [3.63, 3.8) is 0 Å².